The predicted molar refractivity (Wildman–Crippen MR) is 72.1 cm³/mol. The molecule has 3 N–H and O–H groups in total. The van der Waals surface area contributed by atoms with E-state index in [9.17, 15) is 14.7 Å². The van der Waals surface area contributed by atoms with E-state index in [1.54, 1.807) is 19.4 Å². The van der Waals surface area contributed by atoms with Gasteiger partial charge in [0, 0.05) is 25.0 Å². The number of aliphatic carboxylic acids is 1. The van der Waals surface area contributed by atoms with Crippen molar-refractivity contribution < 1.29 is 14.7 Å². The number of urea groups is 1. The maximum Gasteiger partial charge on any atom is 0.329 e. The van der Waals surface area contributed by atoms with Gasteiger partial charge in [-0.25, -0.2) is 14.6 Å². The number of rotatable bonds is 6. The molecular formula is C13H20N4O3. The Balaban J connectivity index is 1.86. The second kappa shape index (κ2) is 5.52. The molecule has 2 unspecified atom stereocenters. The van der Waals surface area contributed by atoms with Gasteiger partial charge in [-0.05, 0) is 32.6 Å². The standard InChI is InChI=1S/C13H20N4O3/c1-9(7-17-6-5-14-8-17)15-12(20)16-13(2,11(18)19)10-3-4-10/h5-6,8-10H,3-4,7H2,1-2H3,(H,18,19)(H2,15,16,20). The van der Waals surface area contributed by atoms with E-state index in [2.05, 4.69) is 15.6 Å². The van der Waals surface area contributed by atoms with E-state index in [0.29, 0.717) is 6.54 Å². The van der Waals surface area contributed by atoms with E-state index in [0.717, 1.165) is 12.8 Å². The molecule has 110 valence electrons. The molecular weight excluding hydrogens is 260 g/mol. The summed E-state index contributed by atoms with van der Waals surface area (Å²) in [5.41, 5.74) is -1.18. The third kappa shape index (κ3) is 3.28. The second-order valence-electron chi connectivity index (χ2n) is 5.54. The number of amides is 2. The van der Waals surface area contributed by atoms with Gasteiger partial charge in [-0.2, -0.15) is 0 Å². The van der Waals surface area contributed by atoms with E-state index >= 15 is 0 Å². The van der Waals surface area contributed by atoms with Crippen molar-refractivity contribution in [3.05, 3.63) is 18.7 Å². The van der Waals surface area contributed by atoms with Crippen LogP contribution in [0.3, 0.4) is 0 Å². The second-order valence-corrected chi connectivity index (χ2v) is 5.54. The lowest BCUT2D eigenvalue weighted by atomic mass is 9.96. The number of hydrogen-bond acceptors (Lipinski definition) is 3. The third-order valence-corrected chi connectivity index (χ3v) is 3.63. The van der Waals surface area contributed by atoms with Gasteiger partial charge in [0.2, 0.25) is 0 Å². The van der Waals surface area contributed by atoms with E-state index in [4.69, 9.17) is 0 Å². The average molecular weight is 280 g/mol. The Morgan fingerprint density at radius 3 is 2.75 bits per heavy atom. The van der Waals surface area contributed by atoms with Crippen LogP contribution in [-0.4, -0.2) is 38.2 Å². The van der Waals surface area contributed by atoms with Gasteiger partial charge in [0.25, 0.3) is 0 Å². The first-order valence-electron chi connectivity index (χ1n) is 6.69. The van der Waals surface area contributed by atoms with Gasteiger partial charge < -0.3 is 20.3 Å². The number of carboxylic acids is 1. The fourth-order valence-electron chi connectivity index (χ4n) is 2.24. The number of nitrogens with zero attached hydrogens (tertiary/aromatic N) is 2. The lowest BCUT2D eigenvalue weighted by Gasteiger charge is -2.27. The summed E-state index contributed by atoms with van der Waals surface area (Å²) in [7, 11) is 0. The highest BCUT2D eigenvalue weighted by Gasteiger charge is 2.48. The molecule has 1 aliphatic rings. The first-order valence-corrected chi connectivity index (χ1v) is 6.69. The zero-order chi connectivity index (χ0) is 14.8. The largest absolute Gasteiger partial charge is 0.480 e. The number of hydrogen-bond donors (Lipinski definition) is 3. The molecule has 2 amide bonds. The molecule has 1 saturated carbocycles. The molecule has 1 aromatic heterocycles. The Morgan fingerprint density at radius 1 is 1.55 bits per heavy atom. The van der Waals surface area contributed by atoms with Crippen molar-refractivity contribution in [2.45, 2.75) is 44.8 Å². The van der Waals surface area contributed by atoms with E-state index in [1.807, 2.05) is 17.7 Å². The Kier molecular flexibility index (Phi) is 3.96. The molecule has 0 radical (unpaired) electrons. The number of carboxylic acid groups (broad SMARTS) is 1. The number of carbonyl (C=O) groups is 2. The molecule has 1 fully saturated rings. The van der Waals surface area contributed by atoms with Crippen LogP contribution in [0, 0.1) is 5.92 Å². The quantitative estimate of drug-likeness (QED) is 0.719. The number of carbonyl (C=O) groups excluding carboxylic acids is 1. The van der Waals surface area contributed by atoms with Gasteiger partial charge in [-0.15, -0.1) is 0 Å². The molecule has 2 rings (SSSR count). The summed E-state index contributed by atoms with van der Waals surface area (Å²) >= 11 is 0. The summed E-state index contributed by atoms with van der Waals surface area (Å²) in [4.78, 5) is 27.2. The first kappa shape index (κ1) is 14.4. The van der Waals surface area contributed by atoms with Crippen molar-refractivity contribution in [3.63, 3.8) is 0 Å². The van der Waals surface area contributed by atoms with Crippen LogP contribution in [0.5, 0.6) is 0 Å². The minimum Gasteiger partial charge on any atom is -0.480 e. The summed E-state index contributed by atoms with van der Waals surface area (Å²) in [5.74, 6) is -0.966. The fourth-order valence-corrected chi connectivity index (χ4v) is 2.24. The fraction of sp³-hybridized carbons (Fsp3) is 0.615. The summed E-state index contributed by atoms with van der Waals surface area (Å²) in [5, 5.41) is 14.6. The van der Waals surface area contributed by atoms with Gasteiger partial charge in [-0.1, -0.05) is 0 Å². The normalized spacial score (nSPS) is 18.9. The van der Waals surface area contributed by atoms with Crippen LogP contribution >= 0.6 is 0 Å². The average Bonchev–Trinajstić information content (AvgIpc) is 3.09. The molecule has 2 atom stereocenters. The van der Waals surface area contributed by atoms with Gasteiger partial charge >= 0.3 is 12.0 Å². The summed E-state index contributed by atoms with van der Waals surface area (Å²) in [6.07, 6.45) is 6.83. The minimum atomic E-state index is -1.18. The zero-order valence-corrected chi connectivity index (χ0v) is 11.7. The van der Waals surface area contributed by atoms with Crippen molar-refractivity contribution in [2.24, 2.45) is 5.92 Å². The summed E-state index contributed by atoms with van der Waals surface area (Å²) < 4.78 is 1.85. The van der Waals surface area contributed by atoms with Crippen molar-refractivity contribution in [1.29, 1.82) is 0 Å². The van der Waals surface area contributed by atoms with Crippen LogP contribution < -0.4 is 10.6 Å². The number of nitrogens with one attached hydrogen (secondary N) is 2. The first-order chi connectivity index (χ1) is 9.41. The van der Waals surface area contributed by atoms with Gasteiger partial charge in [0.1, 0.15) is 5.54 Å². The van der Waals surface area contributed by atoms with E-state index in [-0.39, 0.29) is 12.0 Å². The smallest absolute Gasteiger partial charge is 0.329 e. The van der Waals surface area contributed by atoms with Crippen LogP contribution in [0.2, 0.25) is 0 Å². The molecule has 0 spiro atoms. The molecule has 20 heavy (non-hydrogen) atoms. The van der Waals surface area contributed by atoms with Gasteiger partial charge in [-0.3, -0.25) is 0 Å². The van der Waals surface area contributed by atoms with Crippen molar-refractivity contribution in [1.82, 2.24) is 20.2 Å². The highest BCUT2D eigenvalue weighted by Crippen LogP contribution is 2.39. The minimum absolute atomic E-state index is 0.0229. The van der Waals surface area contributed by atoms with Crippen LogP contribution in [0.15, 0.2) is 18.7 Å². The van der Waals surface area contributed by atoms with Crippen molar-refractivity contribution in [2.75, 3.05) is 0 Å². The van der Waals surface area contributed by atoms with Crippen molar-refractivity contribution >= 4 is 12.0 Å². The molecule has 0 aliphatic heterocycles. The van der Waals surface area contributed by atoms with E-state index in [1.165, 1.54) is 0 Å². The van der Waals surface area contributed by atoms with Crippen LogP contribution in [-0.2, 0) is 11.3 Å². The number of aromatic nitrogens is 2. The highest BCUT2D eigenvalue weighted by molar-refractivity contribution is 5.86. The Hall–Kier alpha value is -2.05. The monoisotopic (exact) mass is 280 g/mol. The molecule has 7 nitrogen and oxygen atoms in total. The lowest BCUT2D eigenvalue weighted by molar-refractivity contribution is -0.144. The van der Waals surface area contributed by atoms with Crippen LogP contribution in [0.25, 0.3) is 0 Å². The molecule has 0 saturated heterocycles. The maximum atomic E-state index is 11.9. The highest BCUT2D eigenvalue weighted by atomic mass is 16.4. The Bertz CT molecular complexity index is 484. The lowest BCUT2D eigenvalue weighted by Crippen LogP contribution is -2.58. The van der Waals surface area contributed by atoms with Gasteiger partial charge in [0.15, 0.2) is 0 Å². The predicted octanol–water partition coefficient (Wildman–Crippen LogP) is 0.824. The van der Waals surface area contributed by atoms with E-state index < -0.39 is 17.5 Å². The number of imidazole rings is 1. The molecule has 1 aliphatic carbocycles. The molecule has 1 heterocycles. The van der Waals surface area contributed by atoms with Crippen LogP contribution in [0.1, 0.15) is 26.7 Å². The van der Waals surface area contributed by atoms with Crippen LogP contribution in [0.4, 0.5) is 4.79 Å². The Morgan fingerprint density at radius 2 is 2.25 bits per heavy atom. The summed E-state index contributed by atoms with van der Waals surface area (Å²) in [6.45, 7) is 4.00. The molecule has 0 aromatic carbocycles. The maximum absolute atomic E-state index is 11.9. The Labute approximate surface area is 117 Å². The summed E-state index contributed by atoms with van der Waals surface area (Å²) in [6, 6.07) is -0.573. The molecule has 1 aromatic rings. The SMILES string of the molecule is CC(Cn1ccnc1)NC(=O)NC(C)(C(=O)O)C1CC1. The third-order valence-electron chi connectivity index (χ3n) is 3.63. The van der Waals surface area contributed by atoms with Crippen molar-refractivity contribution in [3.8, 4) is 0 Å². The topological polar surface area (TPSA) is 96.3 Å². The molecule has 0 bridgehead atoms. The molecule has 7 heteroatoms. The van der Waals surface area contributed by atoms with Gasteiger partial charge in [0.05, 0.1) is 6.33 Å². The zero-order valence-electron chi connectivity index (χ0n) is 11.7.